The highest BCUT2D eigenvalue weighted by molar-refractivity contribution is 5.89. The Labute approximate surface area is 162 Å². The number of aromatic nitrogens is 5. The summed E-state index contributed by atoms with van der Waals surface area (Å²) in [5.41, 5.74) is -0.386. The number of halogens is 4. The van der Waals surface area contributed by atoms with Crippen molar-refractivity contribution in [3.63, 3.8) is 0 Å². The summed E-state index contributed by atoms with van der Waals surface area (Å²) in [5.74, 6) is -0.457. The molecular formula is C18H14F4N6O. The van der Waals surface area contributed by atoms with Crippen molar-refractivity contribution in [2.45, 2.75) is 19.4 Å². The Morgan fingerprint density at radius 2 is 1.90 bits per heavy atom. The van der Waals surface area contributed by atoms with Gasteiger partial charge in [-0.15, -0.1) is 5.10 Å². The van der Waals surface area contributed by atoms with Crippen molar-refractivity contribution in [3.05, 3.63) is 66.0 Å². The molecule has 0 saturated heterocycles. The van der Waals surface area contributed by atoms with Crippen LogP contribution in [0.3, 0.4) is 0 Å². The van der Waals surface area contributed by atoms with Gasteiger partial charge in [-0.2, -0.15) is 13.2 Å². The zero-order valence-electron chi connectivity index (χ0n) is 14.8. The average molecular weight is 406 g/mol. The van der Waals surface area contributed by atoms with Crippen LogP contribution in [0.1, 0.15) is 16.7 Å². The van der Waals surface area contributed by atoms with E-state index in [-0.39, 0.29) is 23.5 Å². The molecule has 0 atom stereocenters. The molecule has 1 amide bonds. The van der Waals surface area contributed by atoms with Gasteiger partial charge in [-0.1, -0.05) is 0 Å². The van der Waals surface area contributed by atoms with Crippen LogP contribution >= 0.6 is 0 Å². The molecule has 150 valence electrons. The van der Waals surface area contributed by atoms with E-state index >= 15 is 0 Å². The Morgan fingerprint density at radius 1 is 1.14 bits per heavy atom. The van der Waals surface area contributed by atoms with Gasteiger partial charge in [-0.3, -0.25) is 4.79 Å². The van der Waals surface area contributed by atoms with Crippen LogP contribution in [0.2, 0.25) is 0 Å². The second kappa shape index (κ2) is 8.59. The van der Waals surface area contributed by atoms with Crippen LogP contribution in [0.4, 0.5) is 17.6 Å². The van der Waals surface area contributed by atoms with Crippen LogP contribution < -0.4 is 5.32 Å². The molecule has 2 aromatic heterocycles. The summed E-state index contributed by atoms with van der Waals surface area (Å²) < 4.78 is 53.0. The highest BCUT2D eigenvalue weighted by Gasteiger charge is 2.31. The first-order chi connectivity index (χ1) is 13.8. The van der Waals surface area contributed by atoms with Crippen LogP contribution in [-0.4, -0.2) is 30.6 Å². The Bertz CT molecular complexity index is 1020. The molecule has 3 rings (SSSR count). The van der Waals surface area contributed by atoms with Gasteiger partial charge in [0.2, 0.25) is 5.91 Å². The molecule has 7 nitrogen and oxygen atoms in total. The monoisotopic (exact) mass is 406 g/mol. The normalized spacial score (nSPS) is 11.7. The Morgan fingerprint density at radius 3 is 2.59 bits per heavy atom. The van der Waals surface area contributed by atoms with Crippen LogP contribution in [-0.2, 0) is 24.2 Å². The van der Waals surface area contributed by atoms with Crippen LogP contribution in [0.5, 0.6) is 0 Å². The van der Waals surface area contributed by atoms with Gasteiger partial charge < -0.3 is 5.32 Å². The Kier molecular flexibility index (Phi) is 5.96. The lowest BCUT2D eigenvalue weighted by molar-refractivity contribution is -0.137. The van der Waals surface area contributed by atoms with E-state index in [2.05, 4.69) is 25.4 Å². The number of carbonyl (C=O) groups is 1. The number of hydrogen-bond acceptors (Lipinski definition) is 5. The first-order valence-electron chi connectivity index (χ1n) is 8.24. The fraction of sp³-hybridized carbons (Fsp3) is 0.167. The minimum absolute atomic E-state index is 0.0214. The van der Waals surface area contributed by atoms with Gasteiger partial charge in [-0.05, 0) is 23.8 Å². The molecule has 1 N–H and O–H groups in total. The molecule has 29 heavy (non-hydrogen) atoms. The van der Waals surface area contributed by atoms with Crippen molar-refractivity contribution in [1.29, 1.82) is 0 Å². The van der Waals surface area contributed by atoms with E-state index in [1.165, 1.54) is 31.0 Å². The minimum atomic E-state index is -4.62. The number of hydrogen-bond donors (Lipinski definition) is 1. The van der Waals surface area contributed by atoms with Gasteiger partial charge in [0.05, 0.1) is 5.56 Å². The molecule has 11 heteroatoms. The van der Waals surface area contributed by atoms with Crippen molar-refractivity contribution in [2.75, 3.05) is 0 Å². The Hall–Kier alpha value is -3.63. The number of carbonyl (C=O) groups excluding carboxylic acids is 1. The maximum Gasteiger partial charge on any atom is 0.416 e. The van der Waals surface area contributed by atoms with Gasteiger partial charge >= 0.3 is 6.18 Å². The number of rotatable bonds is 6. The quantitative estimate of drug-likeness (QED) is 0.503. The number of alkyl halides is 4. The van der Waals surface area contributed by atoms with E-state index in [1.807, 2.05) is 0 Å². The number of nitrogens with zero attached hydrogens (tertiary/aromatic N) is 5. The second-order valence-corrected chi connectivity index (χ2v) is 5.88. The number of nitrogens with one attached hydrogen (secondary N) is 1. The van der Waals surface area contributed by atoms with Gasteiger partial charge in [0.1, 0.15) is 19.3 Å². The van der Waals surface area contributed by atoms with E-state index < -0.39 is 24.3 Å². The maximum absolute atomic E-state index is 13.0. The van der Waals surface area contributed by atoms with E-state index in [1.54, 1.807) is 12.4 Å². The van der Waals surface area contributed by atoms with Crippen molar-refractivity contribution in [3.8, 4) is 11.4 Å². The summed E-state index contributed by atoms with van der Waals surface area (Å²) in [6, 6.07) is 2.83. The molecule has 3 aromatic rings. The highest BCUT2D eigenvalue weighted by atomic mass is 19.4. The van der Waals surface area contributed by atoms with Crippen molar-refractivity contribution < 1.29 is 22.4 Å². The van der Waals surface area contributed by atoms with E-state index in [0.29, 0.717) is 5.56 Å². The molecule has 2 heterocycles. The molecule has 0 unspecified atom stereocenters. The van der Waals surface area contributed by atoms with E-state index in [9.17, 15) is 22.4 Å². The molecule has 1 aromatic carbocycles. The average Bonchev–Trinajstić information content (AvgIpc) is 3.19. The largest absolute Gasteiger partial charge is 0.416 e. The lowest BCUT2D eigenvalue weighted by atomic mass is 10.1. The van der Waals surface area contributed by atoms with Gasteiger partial charge in [0, 0.05) is 42.3 Å². The van der Waals surface area contributed by atoms with Gasteiger partial charge in [0.15, 0.2) is 5.82 Å². The summed E-state index contributed by atoms with van der Waals surface area (Å²) in [5, 5.41) is 6.61. The van der Waals surface area contributed by atoms with Gasteiger partial charge in [0.25, 0.3) is 0 Å². The fourth-order valence-electron chi connectivity index (χ4n) is 2.35. The van der Waals surface area contributed by atoms with Crippen molar-refractivity contribution in [1.82, 2.24) is 30.0 Å². The molecule has 0 aliphatic rings. The summed E-state index contributed by atoms with van der Waals surface area (Å²) in [6.07, 6.45) is 3.56. The maximum atomic E-state index is 13.0. The van der Waals surface area contributed by atoms with Crippen LogP contribution in [0, 0.1) is 0 Å². The van der Waals surface area contributed by atoms with E-state index in [4.69, 9.17) is 0 Å². The highest BCUT2D eigenvalue weighted by Crippen LogP contribution is 2.32. The fourth-order valence-corrected chi connectivity index (χ4v) is 2.35. The summed E-state index contributed by atoms with van der Waals surface area (Å²) in [6.45, 7) is -0.826. The van der Waals surface area contributed by atoms with Gasteiger partial charge in [-0.25, -0.2) is 24.0 Å². The zero-order valence-corrected chi connectivity index (χ0v) is 14.8. The van der Waals surface area contributed by atoms with Crippen LogP contribution in [0.25, 0.3) is 17.6 Å². The number of benzene rings is 1. The van der Waals surface area contributed by atoms with Crippen molar-refractivity contribution in [2.24, 2.45) is 0 Å². The lowest BCUT2D eigenvalue weighted by Crippen LogP contribution is -2.20. The smallest absolute Gasteiger partial charge is 0.348 e. The van der Waals surface area contributed by atoms with E-state index in [0.717, 1.165) is 16.8 Å². The Balaban J connectivity index is 1.70. The predicted molar refractivity (Wildman–Crippen MR) is 94.5 cm³/mol. The molecule has 0 bridgehead atoms. The lowest BCUT2D eigenvalue weighted by Gasteiger charge is -2.09. The molecule has 0 aliphatic heterocycles. The SMILES string of the molecule is O=C(/C=C\n1cnc(-c2cc(CF)cc(C(F)(F)F)c2)n1)NCc1cncnc1. The zero-order chi connectivity index (χ0) is 20.9. The molecule has 0 spiro atoms. The minimum Gasteiger partial charge on any atom is -0.348 e. The van der Waals surface area contributed by atoms with Crippen molar-refractivity contribution >= 4 is 12.1 Å². The third kappa shape index (κ3) is 5.43. The summed E-state index contributed by atoms with van der Waals surface area (Å²) >= 11 is 0. The third-order valence-corrected chi connectivity index (χ3v) is 3.70. The molecule has 0 saturated carbocycles. The third-order valence-electron chi connectivity index (χ3n) is 3.70. The standard InChI is InChI=1S/C18H14F4N6O/c19-6-12-3-14(5-15(4-12)18(20,21)22)17-26-11-28(27-17)2-1-16(29)25-9-13-7-23-10-24-8-13/h1-5,7-8,10-11H,6,9H2,(H,25,29)/b2-1-. The molecule has 0 aliphatic carbocycles. The summed E-state index contributed by atoms with van der Waals surface area (Å²) in [4.78, 5) is 23.4. The second-order valence-electron chi connectivity index (χ2n) is 5.88. The predicted octanol–water partition coefficient (Wildman–Crippen LogP) is 3.01. The molecular weight excluding hydrogens is 392 g/mol. The number of amides is 1. The summed E-state index contributed by atoms with van der Waals surface area (Å²) in [7, 11) is 0. The first kappa shape index (κ1) is 20.1. The topological polar surface area (TPSA) is 85.6 Å². The van der Waals surface area contributed by atoms with Crippen LogP contribution in [0.15, 0.2) is 49.3 Å². The molecule has 0 radical (unpaired) electrons. The first-order valence-corrected chi connectivity index (χ1v) is 8.24. The molecule has 0 fully saturated rings.